The van der Waals surface area contributed by atoms with Gasteiger partial charge >= 0.3 is 0 Å². The maximum atomic E-state index is 13.4. The minimum Gasteiger partial charge on any atom is -0.497 e. The Kier molecular flexibility index (Phi) is 5.91. The number of fused-ring (bicyclic) bond motifs is 1. The molecule has 32 heavy (non-hydrogen) atoms. The van der Waals surface area contributed by atoms with E-state index in [2.05, 4.69) is 0 Å². The summed E-state index contributed by atoms with van der Waals surface area (Å²) in [4.78, 5) is 28.1. The lowest BCUT2D eigenvalue weighted by atomic mass is 9.88. The third-order valence-corrected chi connectivity index (χ3v) is 5.83. The zero-order chi connectivity index (χ0) is 22.9. The van der Waals surface area contributed by atoms with E-state index in [1.54, 1.807) is 60.7 Å². The van der Waals surface area contributed by atoms with Crippen molar-refractivity contribution in [2.45, 2.75) is 18.6 Å². The normalized spacial score (nSPS) is 17.2. The molecule has 0 unspecified atom stereocenters. The Morgan fingerprint density at radius 1 is 1.03 bits per heavy atom. The standard InChI is InChI=1S/C25H22ClNO5/c1-31-18-10-11-19(23(13-18)32-2)22(28)14-25(30)20-8-3-4-9-21(20)27(24(25)29)15-16-6-5-7-17(26)12-16/h3-13,30H,14-15H2,1-2H3/t25-/m1/s1. The summed E-state index contributed by atoms with van der Waals surface area (Å²) in [5, 5.41) is 12.1. The third-order valence-electron chi connectivity index (χ3n) is 5.59. The molecule has 6 nitrogen and oxygen atoms in total. The van der Waals surface area contributed by atoms with E-state index in [0.717, 1.165) is 5.56 Å². The van der Waals surface area contributed by atoms with E-state index in [1.807, 2.05) is 6.07 Å². The van der Waals surface area contributed by atoms with Gasteiger partial charge in [0.25, 0.3) is 5.91 Å². The average Bonchev–Trinajstić information content (AvgIpc) is 3.00. The summed E-state index contributed by atoms with van der Waals surface area (Å²) in [6.45, 7) is 0.221. The van der Waals surface area contributed by atoms with E-state index in [0.29, 0.717) is 27.8 Å². The summed E-state index contributed by atoms with van der Waals surface area (Å²) < 4.78 is 10.5. The van der Waals surface area contributed by atoms with Crippen molar-refractivity contribution in [2.75, 3.05) is 19.1 Å². The van der Waals surface area contributed by atoms with Gasteiger partial charge in [0.15, 0.2) is 11.4 Å². The summed E-state index contributed by atoms with van der Waals surface area (Å²) in [5.74, 6) is -0.126. The number of nitrogens with zero attached hydrogens (tertiary/aromatic N) is 1. The molecule has 0 saturated carbocycles. The molecule has 7 heteroatoms. The first-order chi connectivity index (χ1) is 15.4. The molecule has 164 valence electrons. The highest BCUT2D eigenvalue weighted by Gasteiger charge is 2.51. The summed E-state index contributed by atoms with van der Waals surface area (Å²) in [6.07, 6.45) is -0.419. The summed E-state index contributed by atoms with van der Waals surface area (Å²) in [6, 6.07) is 18.9. The number of aliphatic hydroxyl groups is 1. The molecule has 4 rings (SSSR count). The maximum absolute atomic E-state index is 13.4. The Hall–Kier alpha value is -3.35. The van der Waals surface area contributed by atoms with Crippen LogP contribution in [0.3, 0.4) is 0 Å². The molecule has 1 heterocycles. The zero-order valence-electron chi connectivity index (χ0n) is 17.7. The van der Waals surface area contributed by atoms with Crippen LogP contribution in [0.2, 0.25) is 5.02 Å². The summed E-state index contributed by atoms with van der Waals surface area (Å²) in [5.41, 5.74) is 0.0488. The predicted octanol–water partition coefficient (Wildman–Crippen LogP) is 4.36. The molecule has 0 saturated heterocycles. The van der Waals surface area contributed by atoms with Crippen LogP contribution in [0.1, 0.15) is 27.9 Å². The largest absolute Gasteiger partial charge is 0.497 e. The van der Waals surface area contributed by atoms with Gasteiger partial charge in [-0.2, -0.15) is 0 Å². The molecular formula is C25H22ClNO5. The first-order valence-corrected chi connectivity index (χ1v) is 10.4. The third kappa shape index (κ3) is 3.83. The fourth-order valence-corrected chi connectivity index (χ4v) is 4.22. The minimum absolute atomic E-state index is 0.221. The van der Waals surface area contributed by atoms with Gasteiger partial charge in [0.2, 0.25) is 0 Å². The maximum Gasteiger partial charge on any atom is 0.264 e. The minimum atomic E-state index is -1.99. The van der Waals surface area contributed by atoms with Crippen LogP contribution in [0, 0.1) is 0 Å². The second-order valence-electron chi connectivity index (χ2n) is 7.56. The van der Waals surface area contributed by atoms with Crippen molar-refractivity contribution >= 4 is 29.0 Å². The van der Waals surface area contributed by atoms with Crippen LogP contribution in [0.15, 0.2) is 66.7 Å². The van der Waals surface area contributed by atoms with Crippen LogP contribution in [0.5, 0.6) is 11.5 Å². The summed E-state index contributed by atoms with van der Waals surface area (Å²) in [7, 11) is 2.96. The zero-order valence-corrected chi connectivity index (χ0v) is 18.4. The Labute approximate surface area is 191 Å². The first kappa shape index (κ1) is 21.9. The van der Waals surface area contributed by atoms with E-state index < -0.39 is 23.7 Å². The first-order valence-electron chi connectivity index (χ1n) is 10.0. The highest BCUT2D eigenvalue weighted by molar-refractivity contribution is 6.30. The molecule has 1 atom stereocenters. The fraction of sp³-hybridized carbons (Fsp3) is 0.200. The van der Waals surface area contributed by atoms with E-state index in [4.69, 9.17) is 21.1 Å². The second-order valence-corrected chi connectivity index (χ2v) is 8.00. The number of carbonyl (C=O) groups excluding carboxylic acids is 2. The van der Waals surface area contributed by atoms with Crippen molar-refractivity contribution in [1.29, 1.82) is 0 Å². The average molecular weight is 452 g/mol. The number of ketones is 1. The topological polar surface area (TPSA) is 76.1 Å². The van der Waals surface area contributed by atoms with Crippen molar-refractivity contribution in [3.8, 4) is 11.5 Å². The van der Waals surface area contributed by atoms with Gasteiger partial charge in [-0.15, -0.1) is 0 Å². The lowest BCUT2D eigenvalue weighted by Crippen LogP contribution is -2.41. The Bertz CT molecular complexity index is 1190. The van der Waals surface area contributed by atoms with E-state index in [-0.39, 0.29) is 12.1 Å². The van der Waals surface area contributed by atoms with Crippen molar-refractivity contribution in [3.63, 3.8) is 0 Å². The number of halogens is 1. The Morgan fingerprint density at radius 2 is 1.81 bits per heavy atom. The number of ether oxygens (including phenoxy) is 2. The van der Waals surface area contributed by atoms with Crippen LogP contribution in [0.25, 0.3) is 0 Å². The monoisotopic (exact) mass is 451 g/mol. The van der Waals surface area contributed by atoms with Crippen molar-refractivity contribution in [2.24, 2.45) is 0 Å². The molecule has 0 bridgehead atoms. The lowest BCUT2D eigenvalue weighted by Gasteiger charge is -2.23. The van der Waals surface area contributed by atoms with Crippen LogP contribution in [-0.2, 0) is 16.9 Å². The number of Topliss-reactive ketones (excluding diaryl/α,β-unsaturated/α-hetero) is 1. The van der Waals surface area contributed by atoms with E-state index in [1.165, 1.54) is 19.1 Å². The molecule has 0 radical (unpaired) electrons. The Balaban J connectivity index is 1.68. The van der Waals surface area contributed by atoms with Crippen LogP contribution in [-0.4, -0.2) is 31.0 Å². The van der Waals surface area contributed by atoms with Gasteiger partial charge < -0.3 is 19.5 Å². The van der Waals surface area contributed by atoms with Crippen LogP contribution < -0.4 is 14.4 Å². The fourth-order valence-electron chi connectivity index (χ4n) is 4.01. The molecule has 1 aliphatic heterocycles. The van der Waals surface area contributed by atoms with Crippen molar-refractivity contribution < 1.29 is 24.2 Å². The number of benzene rings is 3. The molecule has 0 aromatic heterocycles. The molecule has 1 aliphatic rings. The van der Waals surface area contributed by atoms with Crippen LogP contribution >= 0.6 is 11.6 Å². The highest BCUT2D eigenvalue weighted by Crippen LogP contribution is 2.44. The van der Waals surface area contributed by atoms with Gasteiger partial charge in [-0.25, -0.2) is 0 Å². The van der Waals surface area contributed by atoms with Gasteiger partial charge in [-0.05, 0) is 35.9 Å². The van der Waals surface area contributed by atoms with Gasteiger partial charge in [-0.3, -0.25) is 9.59 Å². The van der Waals surface area contributed by atoms with E-state index in [9.17, 15) is 14.7 Å². The molecule has 3 aromatic rings. The lowest BCUT2D eigenvalue weighted by molar-refractivity contribution is -0.136. The molecule has 3 aromatic carbocycles. The predicted molar refractivity (Wildman–Crippen MR) is 121 cm³/mol. The van der Waals surface area contributed by atoms with Crippen molar-refractivity contribution in [1.82, 2.24) is 0 Å². The molecule has 1 amide bonds. The SMILES string of the molecule is COc1ccc(C(=O)C[C@]2(O)C(=O)N(Cc3cccc(Cl)c3)c3ccccc32)c(OC)c1. The number of carbonyl (C=O) groups is 2. The van der Waals surface area contributed by atoms with Crippen molar-refractivity contribution in [3.05, 3.63) is 88.4 Å². The molecule has 0 spiro atoms. The number of anilines is 1. The smallest absolute Gasteiger partial charge is 0.264 e. The number of hydrogen-bond acceptors (Lipinski definition) is 5. The van der Waals surface area contributed by atoms with Gasteiger partial charge in [-0.1, -0.05) is 41.9 Å². The number of rotatable bonds is 7. The molecule has 1 N–H and O–H groups in total. The van der Waals surface area contributed by atoms with Gasteiger partial charge in [0.05, 0.1) is 38.4 Å². The van der Waals surface area contributed by atoms with Gasteiger partial charge in [0, 0.05) is 16.7 Å². The highest BCUT2D eigenvalue weighted by atomic mass is 35.5. The number of para-hydroxylation sites is 1. The molecule has 0 aliphatic carbocycles. The molecule has 0 fully saturated rings. The van der Waals surface area contributed by atoms with Crippen LogP contribution in [0.4, 0.5) is 5.69 Å². The second kappa shape index (κ2) is 8.65. The number of hydrogen-bond donors (Lipinski definition) is 1. The molecular weight excluding hydrogens is 430 g/mol. The quantitative estimate of drug-likeness (QED) is 0.540. The Morgan fingerprint density at radius 3 is 2.53 bits per heavy atom. The number of amides is 1. The van der Waals surface area contributed by atoms with Gasteiger partial charge in [0.1, 0.15) is 11.5 Å². The summed E-state index contributed by atoms with van der Waals surface area (Å²) >= 11 is 6.09. The number of methoxy groups -OCH3 is 2. The van der Waals surface area contributed by atoms with E-state index >= 15 is 0 Å².